The van der Waals surface area contributed by atoms with Crippen LogP contribution in [0.5, 0.6) is 0 Å². The van der Waals surface area contributed by atoms with Crippen molar-refractivity contribution in [2.24, 2.45) is 0 Å². The van der Waals surface area contributed by atoms with Crippen LogP contribution in [0.15, 0.2) is 48.5 Å². The molecule has 0 aliphatic heterocycles. The van der Waals surface area contributed by atoms with E-state index < -0.39 is 0 Å². The number of benzene rings is 2. The number of hydrogen-bond acceptors (Lipinski definition) is 2. The zero-order valence-electron chi connectivity index (χ0n) is 13.9. The van der Waals surface area contributed by atoms with Crippen LogP contribution in [0.3, 0.4) is 0 Å². The summed E-state index contributed by atoms with van der Waals surface area (Å²) in [6.07, 6.45) is 0. The van der Waals surface area contributed by atoms with Crippen LogP contribution in [0.25, 0.3) is 0 Å². The van der Waals surface area contributed by atoms with Crippen LogP contribution in [0.1, 0.15) is 23.6 Å². The zero-order valence-corrected chi connectivity index (χ0v) is 13.9. The van der Waals surface area contributed by atoms with Crippen molar-refractivity contribution in [3.8, 4) is 0 Å². The Kier molecular flexibility index (Phi) is 6.07. The van der Waals surface area contributed by atoms with Crippen molar-refractivity contribution in [1.29, 1.82) is 0 Å². The van der Waals surface area contributed by atoms with Gasteiger partial charge in [0.15, 0.2) is 0 Å². The Morgan fingerprint density at radius 3 is 2.17 bits per heavy atom. The highest BCUT2D eigenvalue weighted by Gasteiger charge is 2.14. The Balaban J connectivity index is 1.89. The molecule has 2 aromatic carbocycles. The van der Waals surface area contributed by atoms with E-state index in [1.165, 1.54) is 24.0 Å². The molecule has 5 heteroatoms. The minimum Gasteiger partial charge on any atom is -0.350 e. The second-order valence-electron chi connectivity index (χ2n) is 5.76. The van der Waals surface area contributed by atoms with Crippen LogP contribution in [-0.2, 0) is 22.7 Å². The van der Waals surface area contributed by atoms with E-state index in [1.807, 2.05) is 31.2 Å². The van der Waals surface area contributed by atoms with Crippen molar-refractivity contribution in [3.05, 3.63) is 71.0 Å². The van der Waals surface area contributed by atoms with Crippen molar-refractivity contribution < 1.29 is 14.0 Å². The lowest BCUT2D eigenvalue weighted by atomic mass is 10.1. The molecule has 0 aliphatic carbocycles. The molecule has 4 nitrogen and oxygen atoms in total. The standard InChI is InChI=1S/C19H21FN2O2/c1-14-3-5-16(6-4-14)11-21-19(24)13-22(15(2)23)12-17-7-9-18(20)10-8-17/h3-10H,11-13H2,1-2H3,(H,21,24). The molecule has 0 aromatic heterocycles. The molecule has 1 N–H and O–H groups in total. The molecule has 0 spiro atoms. The van der Waals surface area contributed by atoms with Crippen LogP contribution < -0.4 is 5.32 Å². The third kappa shape index (κ3) is 5.50. The maximum atomic E-state index is 12.9. The van der Waals surface area contributed by atoms with Crippen LogP contribution in [0, 0.1) is 12.7 Å². The van der Waals surface area contributed by atoms with Crippen LogP contribution in [0.4, 0.5) is 4.39 Å². The minimum atomic E-state index is -0.330. The average Bonchev–Trinajstić information content (AvgIpc) is 2.55. The second kappa shape index (κ2) is 8.24. The Hall–Kier alpha value is -2.69. The molecule has 0 saturated carbocycles. The summed E-state index contributed by atoms with van der Waals surface area (Å²) in [7, 11) is 0. The first-order valence-corrected chi connectivity index (χ1v) is 7.76. The number of aryl methyl sites for hydroxylation is 1. The summed E-state index contributed by atoms with van der Waals surface area (Å²) < 4.78 is 12.9. The van der Waals surface area contributed by atoms with E-state index in [4.69, 9.17) is 0 Å². The van der Waals surface area contributed by atoms with E-state index in [0.29, 0.717) is 6.54 Å². The second-order valence-corrected chi connectivity index (χ2v) is 5.76. The van der Waals surface area contributed by atoms with E-state index in [2.05, 4.69) is 5.32 Å². The van der Waals surface area contributed by atoms with E-state index in [0.717, 1.165) is 16.7 Å². The van der Waals surface area contributed by atoms with E-state index in [9.17, 15) is 14.0 Å². The summed E-state index contributed by atoms with van der Waals surface area (Å²) in [6.45, 7) is 4.08. The Morgan fingerprint density at radius 2 is 1.58 bits per heavy atom. The van der Waals surface area contributed by atoms with Gasteiger partial charge in [0.05, 0.1) is 6.54 Å². The van der Waals surface area contributed by atoms with Crippen LogP contribution >= 0.6 is 0 Å². The predicted molar refractivity (Wildman–Crippen MR) is 90.5 cm³/mol. The van der Waals surface area contributed by atoms with Crippen molar-refractivity contribution in [2.75, 3.05) is 6.54 Å². The van der Waals surface area contributed by atoms with Gasteiger partial charge in [-0.1, -0.05) is 42.0 Å². The largest absolute Gasteiger partial charge is 0.350 e. The van der Waals surface area contributed by atoms with Crippen molar-refractivity contribution in [3.63, 3.8) is 0 Å². The first-order valence-electron chi connectivity index (χ1n) is 7.76. The number of amides is 2. The Labute approximate surface area is 141 Å². The monoisotopic (exact) mass is 328 g/mol. The van der Waals surface area contributed by atoms with E-state index in [-0.39, 0.29) is 30.7 Å². The number of carbonyl (C=O) groups excluding carboxylic acids is 2. The molecule has 0 fully saturated rings. The van der Waals surface area contributed by atoms with Gasteiger partial charge in [0, 0.05) is 20.0 Å². The third-order valence-electron chi connectivity index (χ3n) is 3.68. The molecule has 0 radical (unpaired) electrons. The fraction of sp³-hybridized carbons (Fsp3) is 0.263. The smallest absolute Gasteiger partial charge is 0.239 e. The summed E-state index contributed by atoms with van der Waals surface area (Å²) >= 11 is 0. The fourth-order valence-electron chi connectivity index (χ4n) is 2.22. The van der Waals surface area contributed by atoms with Crippen molar-refractivity contribution >= 4 is 11.8 Å². The number of carbonyl (C=O) groups is 2. The lowest BCUT2D eigenvalue weighted by molar-refractivity contribution is -0.135. The summed E-state index contributed by atoms with van der Waals surface area (Å²) in [5.74, 6) is -0.762. The minimum absolute atomic E-state index is 0.0292. The highest BCUT2D eigenvalue weighted by molar-refractivity contribution is 5.83. The van der Waals surface area contributed by atoms with Crippen molar-refractivity contribution in [2.45, 2.75) is 26.9 Å². The topological polar surface area (TPSA) is 49.4 Å². The Bertz CT molecular complexity index is 696. The summed E-state index contributed by atoms with van der Waals surface area (Å²) in [6, 6.07) is 13.8. The van der Waals surface area contributed by atoms with Gasteiger partial charge < -0.3 is 10.2 Å². The maximum Gasteiger partial charge on any atom is 0.239 e. The van der Waals surface area contributed by atoms with E-state index >= 15 is 0 Å². The van der Waals surface area contributed by atoms with Gasteiger partial charge in [-0.05, 0) is 30.2 Å². The van der Waals surface area contributed by atoms with Crippen molar-refractivity contribution in [1.82, 2.24) is 10.2 Å². The number of hydrogen-bond donors (Lipinski definition) is 1. The first-order chi connectivity index (χ1) is 11.4. The molecule has 2 amide bonds. The fourth-order valence-corrected chi connectivity index (χ4v) is 2.22. The molecule has 24 heavy (non-hydrogen) atoms. The molecular formula is C19H21FN2O2. The molecule has 0 bridgehead atoms. The van der Waals surface area contributed by atoms with E-state index in [1.54, 1.807) is 12.1 Å². The molecule has 126 valence electrons. The van der Waals surface area contributed by atoms with Gasteiger partial charge in [0.25, 0.3) is 0 Å². The SMILES string of the molecule is CC(=O)N(CC(=O)NCc1ccc(C)cc1)Cc1ccc(F)cc1. The number of nitrogens with zero attached hydrogens (tertiary/aromatic N) is 1. The lowest BCUT2D eigenvalue weighted by Gasteiger charge is -2.20. The molecule has 2 aromatic rings. The summed E-state index contributed by atoms with van der Waals surface area (Å²) in [5, 5.41) is 2.81. The molecule has 0 atom stereocenters. The predicted octanol–water partition coefficient (Wildman–Crippen LogP) is 2.80. The number of halogens is 1. The zero-order chi connectivity index (χ0) is 17.5. The molecule has 0 unspecified atom stereocenters. The highest BCUT2D eigenvalue weighted by atomic mass is 19.1. The molecule has 0 aliphatic rings. The summed E-state index contributed by atoms with van der Waals surface area (Å²) in [4.78, 5) is 25.2. The lowest BCUT2D eigenvalue weighted by Crippen LogP contribution is -2.39. The Morgan fingerprint density at radius 1 is 1.00 bits per heavy atom. The quantitative estimate of drug-likeness (QED) is 0.886. The number of rotatable bonds is 6. The van der Waals surface area contributed by atoms with Gasteiger partial charge in [-0.3, -0.25) is 9.59 Å². The summed E-state index contributed by atoms with van der Waals surface area (Å²) in [5.41, 5.74) is 2.94. The third-order valence-corrected chi connectivity index (χ3v) is 3.68. The maximum absolute atomic E-state index is 12.9. The molecule has 2 rings (SSSR count). The van der Waals surface area contributed by atoms with Gasteiger partial charge in [0.2, 0.25) is 11.8 Å². The van der Waals surface area contributed by atoms with Crippen LogP contribution in [-0.4, -0.2) is 23.3 Å². The van der Waals surface area contributed by atoms with Gasteiger partial charge >= 0.3 is 0 Å². The van der Waals surface area contributed by atoms with Gasteiger partial charge in [0.1, 0.15) is 5.82 Å². The van der Waals surface area contributed by atoms with Gasteiger partial charge in [-0.15, -0.1) is 0 Å². The normalized spacial score (nSPS) is 10.3. The highest BCUT2D eigenvalue weighted by Crippen LogP contribution is 2.07. The van der Waals surface area contributed by atoms with Crippen LogP contribution in [0.2, 0.25) is 0 Å². The van der Waals surface area contributed by atoms with Gasteiger partial charge in [-0.25, -0.2) is 4.39 Å². The number of nitrogens with one attached hydrogen (secondary N) is 1. The molecule has 0 heterocycles. The average molecular weight is 328 g/mol. The van der Waals surface area contributed by atoms with Gasteiger partial charge in [-0.2, -0.15) is 0 Å². The first kappa shape index (κ1) is 17.7. The molecule has 0 saturated heterocycles. The molecular weight excluding hydrogens is 307 g/mol.